The molecule has 1 aliphatic carbocycles. The van der Waals surface area contributed by atoms with Crippen molar-refractivity contribution in [2.45, 2.75) is 78.6 Å². The summed E-state index contributed by atoms with van der Waals surface area (Å²) in [6, 6.07) is 14.3. The summed E-state index contributed by atoms with van der Waals surface area (Å²) in [7, 11) is -0.404. The lowest BCUT2D eigenvalue weighted by Crippen LogP contribution is -2.68. The van der Waals surface area contributed by atoms with Crippen LogP contribution in [0.2, 0.25) is 0 Å². The average Bonchev–Trinajstić information content (AvgIpc) is 3.64. The van der Waals surface area contributed by atoms with Crippen molar-refractivity contribution in [1.82, 2.24) is 20.0 Å². The van der Waals surface area contributed by atoms with E-state index in [0.29, 0.717) is 38.4 Å². The molecule has 4 saturated heterocycles. The van der Waals surface area contributed by atoms with Crippen LogP contribution in [0.25, 0.3) is 0 Å². The standard InChI is InChI=1S/C42H58FN5O6S/c1-4-39(49)47-22-7-11-36(26-47)55(51,52)35-16-14-34(15-17-35)48-28-41(29-48,54-3)27-46-23-18-31(19-24-46)42(30-45-20-8-21-45,32-9-5-10-33(43)25-32)37-12-6-13-38(37)44-40(50)53-2/h4-5,9-10,14-17,25,31,36-38H,1,6-8,11-13,18-24,26-30H2,2-3H3,(H,44,50)/t36-,37-,38-,42-/m0/s1. The summed E-state index contributed by atoms with van der Waals surface area (Å²) in [5.41, 5.74) is 1.34. The Labute approximate surface area is 326 Å². The Morgan fingerprint density at radius 3 is 2.33 bits per heavy atom. The molecule has 0 spiro atoms. The van der Waals surface area contributed by atoms with Crippen molar-refractivity contribution in [3.63, 3.8) is 0 Å². The van der Waals surface area contributed by atoms with Crippen LogP contribution in [0.4, 0.5) is 14.9 Å². The molecule has 4 atom stereocenters. The highest BCUT2D eigenvalue weighted by atomic mass is 32.2. The largest absolute Gasteiger partial charge is 0.453 e. The first-order chi connectivity index (χ1) is 26.5. The first-order valence-electron chi connectivity index (χ1n) is 20.1. The van der Waals surface area contributed by atoms with E-state index in [0.717, 1.165) is 82.6 Å². The van der Waals surface area contributed by atoms with Gasteiger partial charge in [0.05, 0.1) is 30.3 Å². The molecule has 0 aromatic heterocycles. The number of anilines is 1. The zero-order valence-corrected chi connectivity index (χ0v) is 33.3. The third kappa shape index (κ3) is 8.04. The van der Waals surface area contributed by atoms with Crippen LogP contribution < -0.4 is 10.2 Å². The van der Waals surface area contributed by atoms with Gasteiger partial charge in [0, 0.05) is 50.4 Å². The Balaban J connectivity index is 1.02. The number of carbonyl (C=O) groups is 2. The molecule has 4 heterocycles. The second kappa shape index (κ2) is 16.5. The van der Waals surface area contributed by atoms with Crippen LogP contribution in [0.1, 0.15) is 56.9 Å². The number of likely N-dealkylation sites (tertiary alicyclic amines) is 3. The molecule has 11 nitrogen and oxygen atoms in total. The monoisotopic (exact) mass is 779 g/mol. The minimum Gasteiger partial charge on any atom is -0.453 e. The number of hydrogen-bond donors (Lipinski definition) is 1. The number of rotatable bonds is 13. The molecule has 2 aromatic carbocycles. The molecule has 4 aliphatic heterocycles. The van der Waals surface area contributed by atoms with E-state index in [9.17, 15) is 18.0 Å². The molecule has 0 bridgehead atoms. The van der Waals surface area contributed by atoms with E-state index < -0.39 is 21.2 Å². The maximum absolute atomic E-state index is 15.1. The molecular weight excluding hydrogens is 722 g/mol. The van der Waals surface area contributed by atoms with Gasteiger partial charge in [-0.2, -0.15) is 0 Å². The molecule has 2 aromatic rings. The Kier molecular flexibility index (Phi) is 11.9. The number of methoxy groups -OCH3 is 2. The van der Waals surface area contributed by atoms with Gasteiger partial charge in [-0.05, 0) is 131 Å². The summed E-state index contributed by atoms with van der Waals surface area (Å²) in [6.07, 6.45) is 7.99. The summed E-state index contributed by atoms with van der Waals surface area (Å²) >= 11 is 0. The third-order valence-electron chi connectivity index (χ3n) is 13.5. The Morgan fingerprint density at radius 2 is 1.69 bits per heavy atom. The number of sulfone groups is 1. The lowest BCUT2D eigenvalue weighted by Gasteiger charge is -2.55. The fraction of sp³-hybridized carbons (Fsp3) is 0.619. The topological polar surface area (TPSA) is 112 Å². The number of nitrogens with zero attached hydrogens (tertiary/aromatic N) is 4. The SMILES string of the molecule is C=CC(=O)N1CCC[C@H](S(=O)(=O)c2ccc(N3CC(CN4CCC([C@@](CN5CCC5)(c5cccc(F)c5)[C@H]5CCC[C@@H]5NC(=O)OC)CC4)(OC)C3)cc2)C1. The van der Waals surface area contributed by atoms with E-state index in [2.05, 4.69) is 32.7 Å². The molecule has 7 rings (SSSR count). The number of nitrogens with one attached hydrogen (secondary N) is 1. The average molecular weight is 780 g/mol. The van der Waals surface area contributed by atoms with Gasteiger partial charge in [0.2, 0.25) is 5.91 Å². The van der Waals surface area contributed by atoms with Gasteiger partial charge in [0.1, 0.15) is 11.4 Å². The number of amides is 2. The molecule has 2 amide bonds. The van der Waals surface area contributed by atoms with Crippen LogP contribution in [-0.4, -0.2) is 132 Å². The lowest BCUT2D eigenvalue weighted by molar-refractivity contribution is -0.126. The van der Waals surface area contributed by atoms with Crippen LogP contribution in [0.5, 0.6) is 0 Å². The van der Waals surface area contributed by atoms with Crippen molar-refractivity contribution in [3.05, 3.63) is 72.6 Å². The van der Waals surface area contributed by atoms with Crippen LogP contribution in [0.15, 0.2) is 66.1 Å². The number of carbonyl (C=O) groups excluding carboxylic acids is 2. The predicted molar refractivity (Wildman–Crippen MR) is 210 cm³/mol. The van der Waals surface area contributed by atoms with Crippen molar-refractivity contribution in [3.8, 4) is 0 Å². The van der Waals surface area contributed by atoms with Crippen LogP contribution >= 0.6 is 0 Å². The molecular formula is C42H58FN5O6S. The van der Waals surface area contributed by atoms with E-state index in [-0.39, 0.29) is 46.1 Å². The van der Waals surface area contributed by atoms with E-state index in [1.165, 1.54) is 25.7 Å². The summed E-state index contributed by atoms with van der Waals surface area (Å²) in [5.74, 6) is 0.0203. The molecule has 0 unspecified atom stereocenters. The van der Waals surface area contributed by atoms with Crippen molar-refractivity contribution in [2.24, 2.45) is 11.8 Å². The quantitative estimate of drug-likeness (QED) is 0.285. The fourth-order valence-corrected chi connectivity index (χ4v) is 12.2. The van der Waals surface area contributed by atoms with Crippen molar-refractivity contribution < 1.29 is 31.9 Å². The molecule has 55 heavy (non-hydrogen) atoms. The molecule has 0 radical (unpaired) electrons. The van der Waals surface area contributed by atoms with Gasteiger partial charge < -0.3 is 34.4 Å². The van der Waals surface area contributed by atoms with E-state index in [1.807, 2.05) is 18.2 Å². The molecule has 1 N–H and O–H groups in total. The number of alkyl carbamates (subject to hydrolysis) is 1. The van der Waals surface area contributed by atoms with Gasteiger partial charge in [0.15, 0.2) is 9.84 Å². The fourth-order valence-electron chi connectivity index (χ4n) is 10.4. The summed E-state index contributed by atoms with van der Waals surface area (Å²) in [5, 5.41) is 2.55. The highest BCUT2D eigenvalue weighted by molar-refractivity contribution is 7.92. The van der Waals surface area contributed by atoms with Gasteiger partial charge in [-0.1, -0.05) is 25.1 Å². The molecule has 300 valence electrons. The minimum absolute atomic E-state index is 0.0347. The van der Waals surface area contributed by atoms with E-state index >= 15 is 4.39 Å². The van der Waals surface area contributed by atoms with Gasteiger partial charge in [0.25, 0.3) is 0 Å². The second-order valence-electron chi connectivity index (χ2n) is 16.5. The Hall–Kier alpha value is -3.52. The number of benzene rings is 2. The molecule has 13 heteroatoms. The minimum atomic E-state index is -3.59. The molecule has 5 fully saturated rings. The van der Waals surface area contributed by atoms with Crippen molar-refractivity contribution in [2.75, 3.05) is 84.6 Å². The maximum Gasteiger partial charge on any atom is 0.407 e. The zero-order chi connectivity index (χ0) is 38.8. The zero-order valence-electron chi connectivity index (χ0n) is 32.5. The van der Waals surface area contributed by atoms with Crippen LogP contribution in [0, 0.1) is 17.7 Å². The van der Waals surface area contributed by atoms with Gasteiger partial charge >= 0.3 is 6.09 Å². The summed E-state index contributed by atoms with van der Waals surface area (Å²) in [6.45, 7) is 11.2. The first-order valence-corrected chi connectivity index (χ1v) is 21.7. The summed E-state index contributed by atoms with van der Waals surface area (Å²) < 4.78 is 53.4. The van der Waals surface area contributed by atoms with Crippen LogP contribution in [0.3, 0.4) is 0 Å². The second-order valence-corrected chi connectivity index (χ2v) is 18.8. The smallest absolute Gasteiger partial charge is 0.407 e. The molecule has 5 aliphatic rings. The van der Waals surface area contributed by atoms with Gasteiger partial charge in [-0.15, -0.1) is 0 Å². The van der Waals surface area contributed by atoms with Crippen molar-refractivity contribution >= 4 is 27.5 Å². The number of piperidine rings is 2. The number of halogens is 1. The van der Waals surface area contributed by atoms with Crippen LogP contribution in [-0.2, 0) is 29.5 Å². The molecule has 1 saturated carbocycles. The maximum atomic E-state index is 15.1. The number of ether oxygens (including phenoxy) is 2. The first kappa shape index (κ1) is 39.7. The van der Waals surface area contributed by atoms with E-state index in [4.69, 9.17) is 9.47 Å². The van der Waals surface area contributed by atoms with Gasteiger partial charge in [-0.25, -0.2) is 17.6 Å². The number of hydrogen-bond acceptors (Lipinski definition) is 9. The normalized spacial score (nSPS) is 26.1. The lowest BCUT2D eigenvalue weighted by atomic mass is 9.57. The summed E-state index contributed by atoms with van der Waals surface area (Å²) in [4.78, 5) is 33.8. The van der Waals surface area contributed by atoms with Gasteiger partial charge in [-0.3, -0.25) is 4.79 Å². The van der Waals surface area contributed by atoms with E-state index in [1.54, 1.807) is 30.2 Å². The highest BCUT2D eigenvalue weighted by Gasteiger charge is 2.54. The van der Waals surface area contributed by atoms with Crippen molar-refractivity contribution in [1.29, 1.82) is 0 Å². The highest BCUT2D eigenvalue weighted by Crippen LogP contribution is 2.51. The predicted octanol–water partition coefficient (Wildman–Crippen LogP) is 4.86. The Morgan fingerprint density at radius 1 is 0.945 bits per heavy atom. The Bertz CT molecular complexity index is 1790. The third-order valence-corrected chi connectivity index (χ3v) is 15.7.